The summed E-state index contributed by atoms with van der Waals surface area (Å²) in [6, 6.07) is 19.7. The first-order valence-electron chi connectivity index (χ1n) is 9.57. The number of fused-ring (bicyclic) bond motifs is 1. The normalized spacial score (nSPS) is 10.9. The van der Waals surface area contributed by atoms with Crippen LogP contribution in [0.1, 0.15) is 19.7 Å². The molecule has 0 aliphatic heterocycles. The number of pyridine rings is 1. The average Bonchev–Trinajstić information content (AvgIpc) is 2.69. The van der Waals surface area contributed by atoms with E-state index in [9.17, 15) is 0 Å². The minimum Gasteiger partial charge on any atom is -0.489 e. The van der Waals surface area contributed by atoms with Crippen LogP contribution in [0, 0.1) is 6.92 Å². The molecule has 2 aromatic heterocycles. The van der Waals surface area contributed by atoms with Crippen LogP contribution in [0.2, 0.25) is 0 Å². The minimum absolute atomic E-state index is 0.0844. The van der Waals surface area contributed by atoms with Crippen LogP contribution in [0.15, 0.2) is 66.9 Å². The van der Waals surface area contributed by atoms with E-state index in [1.165, 1.54) is 0 Å². The van der Waals surface area contributed by atoms with Gasteiger partial charge in [-0.1, -0.05) is 30.3 Å². The van der Waals surface area contributed by atoms with Crippen molar-refractivity contribution in [1.82, 2.24) is 15.0 Å². The summed E-state index contributed by atoms with van der Waals surface area (Å²) < 4.78 is 5.89. The summed E-state index contributed by atoms with van der Waals surface area (Å²) >= 11 is 0. The molecule has 0 bridgehead atoms. The maximum atomic E-state index is 5.89. The smallest absolute Gasteiger partial charge is 0.143 e. The average molecular weight is 385 g/mol. The third-order valence-electron chi connectivity index (χ3n) is 4.25. The first-order chi connectivity index (χ1) is 14.1. The van der Waals surface area contributed by atoms with Crippen molar-refractivity contribution in [2.75, 3.05) is 10.6 Å². The molecule has 0 radical (unpaired) electrons. The topological polar surface area (TPSA) is 72.0 Å². The summed E-state index contributed by atoms with van der Waals surface area (Å²) in [5, 5.41) is 7.80. The van der Waals surface area contributed by atoms with Gasteiger partial charge in [-0.3, -0.25) is 4.98 Å². The van der Waals surface area contributed by atoms with Crippen molar-refractivity contribution in [2.45, 2.75) is 26.9 Å². The Morgan fingerprint density at radius 1 is 0.828 bits per heavy atom. The second kappa shape index (κ2) is 8.14. The highest BCUT2D eigenvalue weighted by molar-refractivity contribution is 5.91. The van der Waals surface area contributed by atoms with E-state index < -0.39 is 0 Å². The lowest BCUT2D eigenvalue weighted by Gasteiger charge is -2.16. The molecule has 6 heteroatoms. The number of hydrogen-bond acceptors (Lipinski definition) is 6. The molecule has 0 aliphatic carbocycles. The molecule has 0 spiro atoms. The molecule has 2 N–H and O–H groups in total. The lowest BCUT2D eigenvalue weighted by atomic mass is 10.2. The Balaban J connectivity index is 1.63. The van der Waals surface area contributed by atoms with Crippen LogP contribution >= 0.6 is 0 Å². The fourth-order valence-electron chi connectivity index (χ4n) is 3.10. The van der Waals surface area contributed by atoms with Crippen molar-refractivity contribution < 1.29 is 4.74 Å². The van der Waals surface area contributed by atoms with Gasteiger partial charge in [0.15, 0.2) is 0 Å². The Labute approximate surface area is 170 Å². The highest BCUT2D eigenvalue weighted by Gasteiger charge is 2.09. The summed E-state index contributed by atoms with van der Waals surface area (Å²) in [5.74, 6) is 2.83. The third-order valence-corrected chi connectivity index (χ3v) is 4.25. The predicted molar refractivity (Wildman–Crippen MR) is 117 cm³/mol. The zero-order chi connectivity index (χ0) is 20.2. The van der Waals surface area contributed by atoms with E-state index in [0.29, 0.717) is 17.5 Å². The molecule has 4 aromatic rings. The lowest BCUT2D eigenvalue weighted by molar-refractivity contribution is 0.244. The predicted octanol–water partition coefficient (Wildman–Crippen LogP) is 5.61. The van der Waals surface area contributed by atoms with E-state index in [4.69, 9.17) is 4.74 Å². The first kappa shape index (κ1) is 18.7. The Morgan fingerprint density at radius 3 is 2.31 bits per heavy atom. The summed E-state index contributed by atoms with van der Waals surface area (Å²) in [5.41, 5.74) is 2.66. The summed E-state index contributed by atoms with van der Waals surface area (Å²) in [6.07, 6.45) is 1.87. The van der Waals surface area contributed by atoms with Crippen LogP contribution in [0.5, 0.6) is 5.75 Å². The number of aryl methyl sites for hydroxylation is 1. The molecular formula is C23H23N5O. The molecule has 0 unspecified atom stereocenters. The van der Waals surface area contributed by atoms with E-state index >= 15 is 0 Å². The molecule has 0 amide bonds. The van der Waals surface area contributed by atoms with Crippen LogP contribution in [0.4, 0.5) is 23.0 Å². The number of aromatic nitrogens is 3. The molecule has 0 aliphatic rings. The molecule has 0 saturated heterocycles. The Morgan fingerprint density at radius 2 is 1.52 bits per heavy atom. The van der Waals surface area contributed by atoms with Gasteiger partial charge in [0.05, 0.1) is 23.0 Å². The Hall–Kier alpha value is -3.67. The van der Waals surface area contributed by atoms with E-state index in [-0.39, 0.29) is 6.10 Å². The number of ether oxygens (including phenoxy) is 1. The number of para-hydroxylation sites is 3. The van der Waals surface area contributed by atoms with Gasteiger partial charge in [-0.15, -0.1) is 0 Å². The highest BCUT2D eigenvalue weighted by Crippen LogP contribution is 2.29. The van der Waals surface area contributed by atoms with Gasteiger partial charge in [-0.05, 0) is 45.0 Å². The molecule has 146 valence electrons. The SMILES string of the molecule is Cc1nc(Nc2ccccc2OC(C)C)cc(Nc2cccc3cccnc23)n1. The van der Waals surface area contributed by atoms with Gasteiger partial charge < -0.3 is 15.4 Å². The van der Waals surface area contributed by atoms with E-state index in [1.54, 1.807) is 6.20 Å². The largest absolute Gasteiger partial charge is 0.489 e. The highest BCUT2D eigenvalue weighted by atomic mass is 16.5. The molecule has 0 atom stereocenters. The molecule has 0 fully saturated rings. The molecule has 0 saturated carbocycles. The second-order valence-electron chi connectivity index (χ2n) is 6.98. The van der Waals surface area contributed by atoms with Gasteiger partial charge >= 0.3 is 0 Å². The van der Waals surface area contributed by atoms with Gasteiger partial charge in [0, 0.05) is 17.6 Å². The summed E-state index contributed by atoms with van der Waals surface area (Å²) in [4.78, 5) is 13.5. The fraction of sp³-hybridized carbons (Fsp3) is 0.174. The second-order valence-corrected chi connectivity index (χ2v) is 6.98. The zero-order valence-electron chi connectivity index (χ0n) is 16.7. The van der Waals surface area contributed by atoms with Crippen LogP contribution in [0.25, 0.3) is 10.9 Å². The van der Waals surface area contributed by atoms with Crippen LogP contribution in [-0.2, 0) is 0 Å². The maximum Gasteiger partial charge on any atom is 0.143 e. The van der Waals surface area contributed by atoms with Gasteiger partial charge in [0.25, 0.3) is 0 Å². The summed E-state index contributed by atoms with van der Waals surface area (Å²) in [6.45, 7) is 5.88. The number of hydrogen-bond donors (Lipinski definition) is 2. The molecule has 4 rings (SSSR count). The standard InChI is InChI=1S/C23H23N5O/c1-15(2)29-20-12-5-4-10-18(20)27-21-14-22(26-16(3)25-21)28-19-11-6-8-17-9-7-13-24-23(17)19/h4-15H,1-3H3,(H2,25,26,27,28). The first-order valence-corrected chi connectivity index (χ1v) is 9.57. The number of nitrogens with zero attached hydrogens (tertiary/aromatic N) is 3. The van der Waals surface area contributed by atoms with E-state index in [1.807, 2.05) is 81.4 Å². The van der Waals surface area contributed by atoms with E-state index in [0.717, 1.165) is 28.0 Å². The van der Waals surface area contributed by atoms with Gasteiger partial charge in [-0.2, -0.15) is 0 Å². The van der Waals surface area contributed by atoms with Crippen molar-refractivity contribution >= 4 is 33.9 Å². The van der Waals surface area contributed by atoms with Crippen molar-refractivity contribution in [2.24, 2.45) is 0 Å². The number of rotatable bonds is 6. The number of benzene rings is 2. The number of nitrogens with one attached hydrogen (secondary N) is 2. The molecule has 29 heavy (non-hydrogen) atoms. The molecule has 2 heterocycles. The van der Waals surface area contributed by atoms with Crippen LogP contribution in [0.3, 0.4) is 0 Å². The summed E-state index contributed by atoms with van der Waals surface area (Å²) in [7, 11) is 0. The van der Waals surface area contributed by atoms with Crippen molar-refractivity contribution in [1.29, 1.82) is 0 Å². The Kier molecular flexibility index (Phi) is 5.24. The molecule has 2 aromatic carbocycles. The lowest BCUT2D eigenvalue weighted by Crippen LogP contribution is -2.08. The van der Waals surface area contributed by atoms with Crippen molar-refractivity contribution in [3.8, 4) is 5.75 Å². The van der Waals surface area contributed by atoms with Crippen LogP contribution < -0.4 is 15.4 Å². The quantitative estimate of drug-likeness (QED) is 0.450. The van der Waals surface area contributed by atoms with Crippen molar-refractivity contribution in [3.05, 3.63) is 72.7 Å². The van der Waals surface area contributed by atoms with Gasteiger partial charge in [0.2, 0.25) is 0 Å². The minimum atomic E-state index is 0.0844. The van der Waals surface area contributed by atoms with Gasteiger partial charge in [0.1, 0.15) is 23.2 Å². The van der Waals surface area contributed by atoms with Crippen molar-refractivity contribution in [3.63, 3.8) is 0 Å². The monoisotopic (exact) mass is 385 g/mol. The van der Waals surface area contributed by atoms with Crippen LogP contribution in [-0.4, -0.2) is 21.1 Å². The van der Waals surface area contributed by atoms with Gasteiger partial charge in [-0.25, -0.2) is 9.97 Å². The number of anilines is 4. The van der Waals surface area contributed by atoms with E-state index in [2.05, 4.69) is 25.6 Å². The Bertz CT molecular complexity index is 1140. The fourth-order valence-corrected chi connectivity index (χ4v) is 3.10. The zero-order valence-corrected chi connectivity index (χ0v) is 16.7. The molecule has 6 nitrogen and oxygen atoms in total. The third kappa shape index (κ3) is 4.43. The molecular weight excluding hydrogens is 362 g/mol. The maximum absolute atomic E-state index is 5.89.